The van der Waals surface area contributed by atoms with Crippen molar-refractivity contribution in [1.29, 1.82) is 0 Å². The van der Waals surface area contributed by atoms with Crippen LogP contribution < -0.4 is 0 Å². The Bertz CT molecular complexity index is 2850. The molecule has 0 radical (unpaired) electrons. The molecule has 2 aliphatic carbocycles. The fraction of sp³-hybridized carbons (Fsp3) is 0.0400. The van der Waals surface area contributed by atoms with Crippen LogP contribution in [0.5, 0.6) is 0 Å². The van der Waals surface area contributed by atoms with Gasteiger partial charge >= 0.3 is 0 Å². The van der Waals surface area contributed by atoms with Crippen LogP contribution in [0, 0.1) is 0 Å². The van der Waals surface area contributed by atoms with Crippen molar-refractivity contribution in [2.75, 3.05) is 0 Å². The molecule has 0 fully saturated rings. The molecule has 232 valence electrons. The standard InChI is InChI=1S/C50H32/c1-50(36-18-6-3-7-19-36)43-25-11-10-20-37(43)42-29-33-26-27-34(28-35(33)30-44(42)50)47-39-22-9-8-21-38(39)46(32-14-4-2-5-15-32)48-40-23-12-16-31-17-13-24-41(45(31)40)49(47)48/h2-30H,1H3. The van der Waals surface area contributed by atoms with E-state index in [4.69, 9.17) is 0 Å². The molecule has 11 rings (SSSR count). The summed E-state index contributed by atoms with van der Waals surface area (Å²) in [5.41, 5.74) is 17.0. The van der Waals surface area contributed by atoms with Crippen LogP contribution in [-0.2, 0) is 5.41 Å². The van der Waals surface area contributed by atoms with Crippen LogP contribution in [0.15, 0.2) is 176 Å². The van der Waals surface area contributed by atoms with Gasteiger partial charge in [0, 0.05) is 5.41 Å². The summed E-state index contributed by atoms with van der Waals surface area (Å²) < 4.78 is 0. The first kappa shape index (κ1) is 27.7. The van der Waals surface area contributed by atoms with Gasteiger partial charge in [0.1, 0.15) is 0 Å². The van der Waals surface area contributed by atoms with Gasteiger partial charge in [0.15, 0.2) is 0 Å². The third-order valence-electron chi connectivity index (χ3n) is 11.6. The van der Waals surface area contributed by atoms with E-state index in [1.807, 2.05) is 0 Å². The predicted octanol–water partition coefficient (Wildman–Crippen LogP) is 13.5. The molecule has 50 heavy (non-hydrogen) atoms. The van der Waals surface area contributed by atoms with Gasteiger partial charge in [-0.2, -0.15) is 0 Å². The van der Waals surface area contributed by atoms with Crippen LogP contribution in [0.25, 0.3) is 88.0 Å². The second-order valence-electron chi connectivity index (χ2n) is 14.1. The third-order valence-corrected chi connectivity index (χ3v) is 11.6. The van der Waals surface area contributed by atoms with Crippen LogP contribution >= 0.6 is 0 Å². The van der Waals surface area contributed by atoms with Crippen molar-refractivity contribution in [2.24, 2.45) is 0 Å². The second-order valence-corrected chi connectivity index (χ2v) is 14.1. The normalized spacial score (nSPS) is 15.4. The second kappa shape index (κ2) is 10.1. The molecule has 0 saturated carbocycles. The molecule has 0 bridgehead atoms. The van der Waals surface area contributed by atoms with Gasteiger partial charge in [-0.25, -0.2) is 0 Å². The Hall–Kier alpha value is -6.24. The predicted molar refractivity (Wildman–Crippen MR) is 212 cm³/mol. The summed E-state index contributed by atoms with van der Waals surface area (Å²) in [6.07, 6.45) is 0. The van der Waals surface area contributed by atoms with Crippen LogP contribution in [0.3, 0.4) is 0 Å². The van der Waals surface area contributed by atoms with Crippen molar-refractivity contribution in [3.05, 3.63) is 193 Å². The highest BCUT2D eigenvalue weighted by atomic mass is 14.4. The maximum absolute atomic E-state index is 2.48. The zero-order chi connectivity index (χ0) is 33.0. The van der Waals surface area contributed by atoms with Crippen molar-refractivity contribution >= 4 is 32.3 Å². The van der Waals surface area contributed by atoms with Gasteiger partial charge in [-0.1, -0.05) is 158 Å². The largest absolute Gasteiger partial charge is 0.0622 e. The molecule has 0 heterocycles. The molecule has 0 heteroatoms. The number of hydrogen-bond acceptors (Lipinski definition) is 0. The molecule has 0 amide bonds. The van der Waals surface area contributed by atoms with Crippen LogP contribution in [0.2, 0.25) is 0 Å². The van der Waals surface area contributed by atoms with Gasteiger partial charge in [0.05, 0.1) is 0 Å². The highest BCUT2D eigenvalue weighted by molar-refractivity contribution is 6.27. The lowest BCUT2D eigenvalue weighted by Gasteiger charge is -2.28. The Morgan fingerprint density at radius 1 is 0.340 bits per heavy atom. The molecular weight excluding hydrogens is 601 g/mol. The molecule has 9 aromatic rings. The van der Waals surface area contributed by atoms with Gasteiger partial charge in [-0.05, 0) is 130 Å². The average Bonchev–Trinajstić information content (AvgIpc) is 3.64. The Kier molecular flexibility index (Phi) is 5.61. The molecule has 0 N–H and O–H groups in total. The first-order chi connectivity index (χ1) is 24.7. The maximum Gasteiger partial charge on any atom is 0.0435 e. The molecule has 0 aromatic heterocycles. The highest BCUT2D eigenvalue weighted by Crippen LogP contribution is 2.58. The van der Waals surface area contributed by atoms with Crippen molar-refractivity contribution in [3.63, 3.8) is 0 Å². The lowest BCUT2D eigenvalue weighted by molar-refractivity contribution is 0.715. The molecule has 1 atom stereocenters. The Balaban J connectivity index is 1.23. The lowest BCUT2D eigenvalue weighted by atomic mass is 9.74. The van der Waals surface area contributed by atoms with Gasteiger partial charge in [0.25, 0.3) is 0 Å². The fourth-order valence-electron chi connectivity index (χ4n) is 9.41. The summed E-state index contributed by atoms with van der Waals surface area (Å²) in [7, 11) is 0. The van der Waals surface area contributed by atoms with E-state index in [1.165, 1.54) is 105 Å². The summed E-state index contributed by atoms with van der Waals surface area (Å²) in [5, 5.41) is 7.77. The molecule has 1 unspecified atom stereocenters. The molecule has 0 saturated heterocycles. The Morgan fingerprint density at radius 2 is 0.940 bits per heavy atom. The minimum absolute atomic E-state index is 0.236. The van der Waals surface area contributed by atoms with Crippen molar-refractivity contribution in [2.45, 2.75) is 12.3 Å². The Labute approximate surface area is 291 Å². The fourth-order valence-corrected chi connectivity index (χ4v) is 9.41. The first-order valence-electron chi connectivity index (χ1n) is 17.6. The molecule has 9 aromatic carbocycles. The van der Waals surface area contributed by atoms with Crippen LogP contribution in [0.1, 0.15) is 23.6 Å². The van der Waals surface area contributed by atoms with E-state index in [2.05, 4.69) is 183 Å². The third kappa shape index (κ3) is 3.60. The monoisotopic (exact) mass is 632 g/mol. The SMILES string of the molecule is CC1(c2ccccc2)c2ccccc2-c2cc3ccc(-c4c5c(c(-c6ccccc6)c6ccccc46)-c4cccc6cccc-5c46)cc3cc21. The first-order valence-corrected chi connectivity index (χ1v) is 17.6. The summed E-state index contributed by atoms with van der Waals surface area (Å²) in [6.45, 7) is 2.41. The van der Waals surface area contributed by atoms with Crippen molar-refractivity contribution < 1.29 is 0 Å². The smallest absolute Gasteiger partial charge is 0.0435 e. The molecule has 2 aliphatic rings. The summed E-state index contributed by atoms with van der Waals surface area (Å²) in [4.78, 5) is 0. The van der Waals surface area contributed by atoms with E-state index < -0.39 is 0 Å². The van der Waals surface area contributed by atoms with E-state index in [-0.39, 0.29) is 5.41 Å². The lowest BCUT2D eigenvalue weighted by Crippen LogP contribution is -2.22. The average molecular weight is 633 g/mol. The minimum Gasteiger partial charge on any atom is -0.0622 e. The van der Waals surface area contributed by atoms with Gasteiger partial charge in [-0.15, -0.1) is 0 Å². The highest BCUT2D eigenvalue weighted by Gasteiger charge is 2.41. The van der Waals surface area contributed by atoms with E-state index in [0.29, 0.717) is 0 Å². The van der Waals surface area contributed by atoms with Gasteiger partial charge in [0.2, 0.25) is 0 Å². The number of hydrogen-bond donors (Lipinski definition) is 0. The topological polar surface area (TPSA) is 0 Å². The van der Waals surface area contributed by atoms with Crippen molar-refractivity contribution in [3.8, 4) is 55.6 Å². The van der Waals surface area contributed by atoms with E-state index in [1.54, 1.807) is 0 Å². The maximum atomic E-state index is 2.48. The molecular formula is C50H32. The number of rotatable bonds is 3. The quantitative estimate of drug-likeness (QED) is 0.182. The van der Waals surface area contributed by atoms with Crippen LogP contribution in [-0.4, -0.2) is 0 Å². The summed E-state index contributed by atoms with van der Waals surface area (Å²) in [6, 6.07) is 65.7. The zero-order valence-electron chi connectivity index (χ0n) is 27.7. The summed E-state index contributed by atoms with van der Waals surface area (Å²) >= 11 is 0. The molecule has 0 nitrogen and oxygen atoms in total. The minimum atomic E-state index is -0.236. The number of benzene rings is 9. The van der Waals surface area contributed by atoms with E-state index in [9.17, 15) is 0 Å². The number of fused-ring (bicyclic) bond motifs is 8. The molecule has 0 aliphatic heterocycles. The molecule has 0 spiro atoms. The van der Waals surface area contributed by atoms with Crippen molar-refractivity contribution in [1.82, 2.24) is 0 Å². The van der Waals surface area contributed by atoms with E-state index >= 15 is 0 Å². The van der Waals surface area contributed by atoms with Crippen LogP contribution in [0.4, 0.5) is 0 Å². The van der Waals surface area contributed by atoms with E-state index in [0.717, 1.165) is 0 Å². The summed E-state index contributed by atoms with van der Waals surface area (Å²) in [5.74, 6) is 0. The van der Waals surface area contributed by atoms with Gasteiger partial charge < -0.3 is 0 Å². The zero-order valence-corrected chi connectivity index (χ0v) is 27.7. The Morgan fingerprint density at radius 3 is 1.66 bits per heavy atom. The van der Waals surface area contributed by atoms with Gasteiger partial charge in [-0.3, -0.25) is 0 Å².